The van der Waals surface area contributed by atoms with E-state index in [1.54, 1.807) is 11.3 Å². The van der Waals surface area contributed by atoms with Gasteiger partial charge in [-0.15, -0.1) is 11.3 Å². The van der Waals surface area contributed by atoms with Crippen LogP contribution in [0.1, 0.15) is 11.3 Å². The van der Waals surface area contributed by atoms with Gasteiger partial charge in [-0.3, -0.25) is 0 Å². The molecule has 0 saturated carbocycles. The number of aromatic amines is 1. The van der Waals surface area contributed by atoms with Gasteiger partial charge in [0.1, 0.15) is 4.83 Å². The van der Waals surface area contributed by atoms with Gasteiger partial charge in [-0.25, -0.2) is 0 Å². The smallest absolute Gasteiger partial charge is 0.101 e. The number of rotatable bonds is 0. The maximum Gasteiger partial charge on any atom is 0.101 e. The van der Waals surface area contributed by atoms with Gasteiger partial charge in [-0.05, 0) is 11.6 Å². The third kappa shape index (κ3) is 0.778. The molecular formula is C9H9N2S. The Bertz CT molecular complexity index is 413. The second kappa shape index (κ2) is 2.34. The van der Waals surface area contributed by atoms with Gasteiger partial charge in [0.2, 0.25) is 0 Å². The summed E-state index contributed by atoms with van der Waals surface area (Å²) in [6.45, 7) is 2.12. The Hall–Kier alpha value is -0.800. The van der Waals surface area contributed by atoms with Crippen LogP contribution in [0.25, 0.3) is 10.2 Å². The predicted octanol–water partition coefficient (Wildman–Crippen LogP) is 1.68. The van der Waals surface area contributed by atoms with Crippen LogP contribution >= 0.6 is 11.3 Å². The predicted molar refractivity (Wildman–Crippen MR) is 50.4 cm³/mol. The molecule has 0 atom stereocenters. The molecule has 1 aliphatic rings. The molecule has 2 aromatic heterocycles. The van der Waals surface area contributed by atoms with Gasteiger partial charge in [0.15, 0.2) is 0 Å². The number of nitrogens with one attached hydrogen (secondary N) is 2. The topological polar surface area (TPSA) is 27.8 Å². The zero-order valence-electron chi connectivity index (χ0n) is 6.61. The number of hydrogen-bond donors (Lipinski definition) is 2. The molecule has 0 aromatic carbocycles. The van der Waals surface area contributed by atoms with Crippen molar-refractivity contribution in [3.8, 4) is 0 Å². The third-order valence-electron chi connectivity index (χ3n) is 2.42. The highest BCUT2D eigenvalue weighted by Crippen LogP contribution is 2.27. The second-order valence-corrected chi connectivity index (χ2v) is 3.96. The summed E-state index contributed by atoms with van der Waals surface area (Å²) in [5.41, 5.74) is 2.87. The number of hydrogen-bond acceptors (Lipinski definition) is 2. The average Bonchev–Trinajstić information content (AvgIpc) is 2.62. The first-order chi connectivity index (χ1) is 5.95. The van der Waals surface area contributed by atoms with Crippen molar-refractivity contribution < 1.29 is 0 Å². The standard InChI is InChI=1S/C9H9N2S/c1-3-10-5-7-6-2-4-12-9(6)11-8(1)7/h2,10-11H,1,3,5H2. The van der Waals surface area contributed by atoms with Crippen molar-refractivity contribution in [2.75, 3.05) is 6.54 Å². The highest BCUT2D eigenvalue weighted by Gasteiger charge is 2.14. The van der Waals surface area contributed by atoms with Crippen molar-refractivity contribution in [1.82, 2.24) is 10.3 Å². The molecule has 0 fully saturated rings. The summed E-state index contributed by atoms with van der Waals surface area (Å²) < 4.78 is 0. The molecule has 0 aliphatic carbocycles. The number of thiophene rings is 1. The van der Waals surface area contributed by atoms with Gasteiger partial charge in [0.25, 0.3) is 0 Å². The molecule has 2 nitrogen and oxygen atoms in total. The van der Waals surface area contributed by atoms with Crippen LogP contribution in [-0.2, 0) is 13.0 Å². The van der Waals surface area contributed by atoms with E-state index in [0.29, 0.717) is 0 Å². The van der Waals surface area contributed by atoms with E-state index in [2.05, 4.69) is 21.7 Å². The summed E-state index contributed by atoms with van der Waals surface area (Å²) in [5, 5.41) is 7.89. The fourth-order valence-corrected chi connectivity index (χ4v) is 2.56. The minimum Gasteiger partial charge on any atom is -0.350 e. The Kier molecular flexibility index (Phi) is 1.31. The molecule has 0 amide bonds. The summed E-state index contributed by atoms with van der Waals surface area (Å²) in [5.74, 6) is 0. The van der Waals surface area contributed by atoms with E-state index >= 15 is 0 Å². The molecule has 12 heavy (non-hydrogen) atoms. The van der Waals surface area contributed by atoms with Crippen LogP contribution in [0.3, 0.4) is 0 Å². The monoisotopic (exact) mass is 177 g/mol. The number of aromatic nitrogens is 1. The van der Waals surface area contributed by atoms with Crippen LogP contribution in [0.2, 0.25) is 0 Å². The summed E-state index contributed by atoms with van der Waals surface area (Å²) in [7, 11) is 0. The molecule has 3 heteroatoms. The Morgan fingerprint density at radius 1 is 1.50 bits per heavy atom. The Balaban J connectivity index is 2.34. The van der Waals surface area contributed by atoms with E-state index in [1.165, 1.54) is 21.5 Å². The molecule has 2 aromatic rings. The van der Waals surface area contributed by atoms with Crippen molar-refractivity contribution in [3.63, 3.8) is 0 Å². The first kappa shape index (κ1) is 6.69. The lowest BCUT2D eigenvalue weighted by Gasteiger charge is -2.12. The minimum absolute atomic E-state index is 1.01. The highest BCUT2D eigenvalue weighted by atomic mass is 32.1. The Labute approximate surface area is 74.6 Å². The largest absolute Gasteiger partial charge is 0.350 e. The Morgan fingerprint density at radius 3 is 3.50 bits per heavy atom. The van der Waals surface area contributed by atoms with Crippen molar-refractivity contribution >= 4 is 21.6 Å². The van der Waals surface area contributed by atoms with Crippen molar-refractivity contribution in [2.45, 2.75) is 13.0 Å². The van der Waals surface area contributed by atoms with Gasteiger partial charge in [0, 0.05) is 36.0 Å². The highest BCUT2D eigenvalue weighted by molar-refractivity contribution is 7.16. The number of fused-ring (bicyclic) bond motifs is 3. The van der Waals surface area contributed by atoms with Crippen molar-refractivity contribution in [2.24, 2.45) is 0 Å². The van der Waals surface area contributed by atoms with Crippen molar-refractivity contribution in [3.05, 3.63) is 22.7 Å². The zero-order valence-corrected chi connectivity index (χ0v) is 7.42. The molecule has 1 aliphatic heterocycles. The summed E-state index contributed by atoms with van der Waals surface area (Å²) in [6, 6.07) is 2.09. The third-order valence-corrected chi connectivity index (χ3v) is 3.18. The first-order valence-corrected chi connectivity index (χ1v) is 4.97. The fourth-order valence-electron chi connectivity index (χ4n) is 1.80. The number of H-pyrrole nitrogens is 1. The molecule has 0 saturated heterocycles. The summed E-state index contributed by atoms with van der Waals surface area (Å²) in [6.07, 6.45) is 1.14. The molecular weight excluding hydrogens is 168 g/mol. The maximum absolute atomic E-state index is 3.44. The molecule has 0 bridgehead atoms. The molecule has 61 valence electrons. The zero-order chi connectivity index (χ0) is 7.97. The van der Waals surface area contributed by atoms with Gasteiger partial charge in [-0.1, -0.05) is 0 Å². The van der Waals surface area contributed by atoms with Gasteiger partial charge >= 0.3 is 0 Å². The van der Waals surface area contributed by atoms with E-state index < -0.39 is 0 Å². The van der Waals surface area contributed by atoms with Crippen LogP contribution in [0, 0.1) is 5.38 Å². The van der Waals surface area contributed by atoms with Crippen LogP contribution < -0.4 is 5.32 Å². The second-order valence-electron chi connectivity index (χ2n) is 3.12. The quantitative estimate of drug-likeness (QED) is 0.629. The van der Waals surface area contributed by atoms with E-state index in [9.17, 15) is 0 Å². The van der Waals surface area contributed by atoms with E-state index in [4.69, 9.17) is 0 Å². The van der Waals surface area contributed by atoms with Crippen LogP contribution in [0.15, 0.2) is 6.07 Å². The lowest BCUT2D eigenvalue weighted by Crippen LogP contribution is -2.22. The van der Waals surface area contributed by atoms with E-state index in [1.807, 2.05) is 0 Å². The molecule has 0 spiro atoms. The molecule has 1 radical (unpaired) electrons. The van der Waals surface area contributed by atoms with Crippen LogP contribution in [0.5, 0.6) is 0 Å². The SMILES string of the molecule is [c]1cc2c3c([nH]c2s1)CCNC3. The fraction of sp³-hybridized carbons (Fsp3) is 0.333. The van der Waals surface area contributed by atoms with Gasteiger partial charge in [-0.2, -0.15) is 0 Å². The summed E-state index contributed by atoms with van der Waals surface area (Å²) in [4.78, 5) is 4.72. The van der Waals surface area contributed by atoms with E-state index in [-0.39, 0.29) is 0 Å². The normalized spacial score (nSPS) is 16.7. The van der Waals surface area contributed by atoms with Crippen LogP contribution in [-0.4, -0.2) is 11.5 Å². The molecule has 0 unspecified atom stereocenters. The molecule has 2 N–H and O–H groups in total. The first-order valence-electron chi connectivity index (χ1n) is 4.15. The molecule has 3 rings (SSSR count). The Morgan fingerprint density at radius 2 is 2.50 bits per heavy atom. The lowest BCUT2D eigenvalue weighted by atomic mass is 10.1. The average molecular weight is 177 g/mol. The molecule has 3 heterocycles. The lowest BCUT2D eigenvalue weighted by molar-refractivity contribution is 0.641. The minimum atomic E-state index is 1.01. The maximum atomic E-state index is 3.44. The van der Waals surface area contributed by atoms with Gasteiger partial charge in [0.05, 0.1) is 0 Å². The summed E-state index contributed by atoms with van der Waals surface area (Å²) >= 11 is 1.67. The van der Waals surface area contributed by atoms with Crippen molar-refractivity contribution in [1.29, 1.82) is 0 Å². The van der Waals surface area contributed by atoms with Crippen LogP contribution in [0.4, 0.5) is 0 Å². The van der Waals surface area contributed by atoms with E-state index in [0.717, 1.165) is 19.5 Å². The van der Waals surface area contributed by atoms with Gasteiger partial charge < -0.3 is 10.3 Å².